The van der Waals surface area contributed by atoms with E-state index in [1.807, 2.05) is 19.0 Å². The molecule has 0 atom stereocenters. The molecule has 0 unspecified atom stereocenters. The molecule has 3 N–H and O–H groups in total. The van der Waals surface area contributed by atoms with Crippen molar-refractivity contribution in [3.8, 4) is 11.5 Å². The van der Waals surface area contributed by atoms with Crippen LogP contribution in [0.25, 0.3) is 0 Å². The lowest BCUT2D eigenvalue weighted by atomic mass is 10.2. The molecule has 2 rings (SSSR count). The predicted octanol–water partition coefficient (Wildman–Crippen LogP) is 2.27. The van der Waals surface area contributed by atoms with Crippen LogP contribution < -0.4 is 9.62 Å². The van der Waals surface area contributed by atoms with Crippen LogP contribution in [0, 0.1) is 6.92 Å². The van der Waals surface area contributed by atoms with Crippen LogP contribution in [-0.2, 0) is 10.0 Å². The van der Waals surface area contributed by atoms with Gasteiger partial charge in [0.05, 0.1) is 0 Å². The van der Waals surface area contributed by atoms with Gasteiger partial charge in [-0.15, -0.1) is 0 Å². The van der Waals surface area contributed by atoms with Crippen LogP contribution in [0.3, 0.4) is 0 Å². The first kappa shape index (κ1) is 16.0. The van der Waals surface area contributed by atoms with Crippen molar-refractivity contribution in [1.82, 2.24) is 0 Å². The highest BCUT2D eigenvalue weighted by atomic mass is 32.2. The minimum Gasteiger partial charge on any atom is -0.508 e. The van der Waals surface area contributed by atoms with E-state index in [1.54, 1.807) is 31.2 Å². The van der Waals surface area contributed by atoms with Crippen molar-refractivity contribution in [3.05, 3.63) is 42.0 Å². The summed E-state index contributed by atoms with van der Waals surface area (Å²) in [5, 5.41) is 19.2. The molecule has 6 nitrogen and oxygen atoms in total. The van der Waals surface area contributed by atoms with E-state index in [0.717, 1.165) is 11.8 Å². The summed E-state index contributed by atoms with van der Waals surface area (Å²) in [6.45, 7) is 1.56. The lowest BCUT2D eigenvalue weighted by Gasteiger charge is -2.14. The molecular formula is C15H18N2O4S. The van der Waals surface area contributed by atoms with E-state index in [4.69, 9.17) is 0 Å². The number of phenols is 2. The van der Waals surface area contributed by atoms with Gasteiger partial charge in [0.15, 0.2) is 0 Å². The first-order chi connectivity index (χ1) is 10.2. The third-order valence-electron chi connectivity index (χ3n) is 3.20. The molecule has 118 valence electrons. The van der Waals surface area contributed by atoms with Crippen molar-refractivity contribution in [2.75, 3.05) is 23.7 Å². The molecule has 0 aromatic heterocycles. The van der Waals surface area contributed by atoms with E-state index in [-0.39, 0.29) is 10.6 Å². The van der Waals surface area contributed by atoms with E-state index in [2.05, 4.69) is 4.72 Å². The number of aromatic hydroxyl groups is 2. The number of rotatable bonds is 4. The average molecular weight is 322 g/mol. The van der Waals surface area contributed by atoms with Crippen molar-refractivity contribution >= 4 is 21.4 Å². The second-order valence-electron chi connectivity index (χ2n) is 5.15. The first-order valence-corrected chi connectivity index (χ1v) is 8.02. The average Bonchev–Trinajstić information content (AvgIpc) is 2.42. The molecule has 0 fully saturated rings. The van der Waals surface area contributed by atoms with Crippen LogP contribution >= 0.6 is 0 Å². The Morgan fingerprint density at radius 2 is 1.59 bits per heavy atom. The van der Waals surface area contributed by atoms with Gasteiger partial charge < -0.3 is 15.1 Å². The van der Waals surface area contributed by atoms with Crippen LogP contribution in [0.2, 0.25) is 0 Å². The van der Waals surface area contributed by atoms with Gasteiger partial charge in [-0.3, -0.25) is 4.72 Å². The Bertz CT molecular complexity index is 784. The van der Waals surface area contributed by atoms with Crippen LogP contribution in [0.5, 0.6) is 11.5 Å². The summed E-state index contributed by atoms with van der Waals surface area (Å²) in [5.41, 5.74) is 1.68. The fraction of sp³-hybridized carbons (Fsp3) is 0.200. The second-order valence-corrected chi connectivity index (χ2v) is 6.80. The van der Waals surface area contributed by atoms with E-state index < -0.39 is 15.8 Å². The van der Waals surface area contributed by atoms with Crippen LogP contribution in [0.15, 0.2) is 41.3 Å². The summed E-state index contributed by atoms with van der Waals surface area (Å²) in [7, 11) is -0.170. The minimum atomic E-state index is -3.94. The summed E-state index contributed by atoms with van der Waals surface area (Å²) < 4.78 is 27.1. The van der Waals surface area contributed by atoms with Gasteiger partial charge >= 0.3 is 0 Å². The quantitative estimate of drug-likeness (QED) is 0.803. The molecule has 0 bridgehead atoms. The summed E-state index contributed by atoms with van der Waals surface area (Å²) in [4.78, 5) is 1.62. The lowest BCUT2D eigenvalue weighted by molar-refractivity contribution is 0.437. The Balaban J connectivity index is 2.33. The number of aryl methyl sites for hydroxylation is 1. The minimum absolute atomic E-state index is 0.160. The van der Waals surface area contributed by atoms with Crippen molar-refractivity contribution in [1.29, 1.82) is 0 Å². The van der Waals surface area contributed by atoms with Gasteiger partial charge in [0, 0.05) is 31.5 Å². The van der Waals surface area contributed by atoms with Crippen molar-refractivity contribution in [2.24, 2.45) is 0 Å². The van der Waals surface area contributed by atoms with E-state index in [9.17, 15) is 18.6 Å². The molecule has 0 aliphatic heterocycles. The highest BCUT2D eigenvalue weighted by molar-refractivity contribution is 7.92. The number of sulfonamides is 1. The standard InChI is InChI=1S/C15H18N2O4S/c1-10-8-15(14(19)9-13(10)18)22(20,21)16-11-4-6-12(7-5-11)17(2)3/h4-9,16,18-19H,1-3H3. The van der Waals surface area contributed by atoms with Crippen molar-refractivity contribution in [3.63, 3.8) is 0 Å². The second kappa shape index (κ2) is 5.76. The maximum absolute atomic E-state index is 12.3. The summed E-state index contributed by atoms with van der Waals surface area (Å²) in [6, 6.07) is 9.06. The van der Waals surface area contributed by atoms with Crippen LogP contribution in [0.4, 0.5) is 11.4 Å². The van der Waals surface area contributed by atoms with Gasteiger partial charge in [0.2, 0.25) is 0 Å². The Morgan fingerprint density at radius 1 is 1.00 bits per heavy atom. The molecule has 0 amide bonds. The molecule has 0 heterocycles. The number of phenolic OH excluding ortho intramolecular Hbond substituents is 2. The third-order valence-corrected chi connectivity index (χ3v) is 4.61. The Labute approximate surface area is 129 Å². The fourth-order valence-electron chi connectivity index (χ4n) is 1.91. The molecule has 0 aliphatic carbocycles. The number of hydrogen-bond donors (Lipinski definition) is 3. The molecule has 0 spiro atoms. The molecule has 0 radical (unpaired) electrons. The fourth-order valence-corrected chi connectivity index (χ4v) is 3.13. The zero-order valence-electron chi connectivity index (χ0n) is 12.5. The lowest BCUT2D eigenvalue weighted by Crippen LogP contribution is -2.14. The number of hydrogen-bond acceptors (Lipinski definition) is 5. The predicted molar refractivity (Wildman–Crippen MR) is 86.1 cm³/mol. The van der Waals surface area contributed by atoms with Crippen LogP contribution in [0.1, 0.15) is 5.56 Å². The Morgan fingerprint density at radius 3 is 2.14 bits per heavy atom. The van der Waals surface area contributed by atoms with Crippen molar-refractivity contribution < 1.29 is 18.6 Å². The topological polar surface area (TPSA) is 89.9 Å². The van der Waals surface area contributed by atoms with Gasteiger partial charge in [-0.2, -0.15) is 0 Å². The first-order valence-electron chi connectivity index (χ1n) is 6.53. The molecule has 2 aromatic carbocycles. The van der Waals surface area contributed by atoms with Gasteiger partial charge in [-0.05, 0) is 42.8 Å². The smallest absolute Gasteiger partial charge is 0.265 e. The Kier molecular flexibility index (Phi) is 4.18. The third kappa shape index (κ3) is 3.25. The van der Waals surface area contributed by atoms with Gasteiger partial charge in [-0.1, -0.05) is 0 Å². The van der Waals surface area contributed by atoms with E-state index in [0.29, 0.717) is 11.3 Å². The van der Waals surface area contributed by atoms with Crippen molar-refractivity contribution in [2.45, 2.75) is 11.8 Å². The zero-order valence-corrected chi connectivity index (χ0v) is 13.3. The molecule has 0 saturated carbocycles. The van der Waals surface area contributed by atoms with Crippen LogP contribution in [-0.4, -0.2) is 32.7 Å². The normalized spacial score (nSPS) is 11.2. The van der Waals surface area contributed by atoms with Gasteiger partial charge in [0.25, 0.3) is 10.0 Å². The van der Waals surface area contributed by atoms with E-state index in [1.165, 1.54) is 6.07 Å². The zero-order chi connectivity index (χ0) is 16.5. The molecular weight excluding hydrogens is 304 g/mol. The van der Waals surface area contributed by atoms with E-state index >= 15 is 0 Å². The number of benzene rings is 2. The number of nitrogens with zero attached hydrogens (tertiary/aromatic N) is 1. The molecule has 2 aromatic rings. The summed E-state index contributed by atoms with van der Waals surface area (Å²) in [5.74, 6) is -0.660. The maximum Gasteiger partial charge on any atom is 0.265 e. The number of nitrogens with one attached hydrogen (secondary N) is 1. The molecule has 0 aliphatic rings. The highest BCUT2D eigenvalue weighted by Crippen LogP contribution is 2.31. The molecule has 0 saturated heterocycles. The summed E-state index contributed by atoms with van der Waals surface area (Å²) >= 11 is 0. The highest BCUT2D eigenvalue weighted by Gasteiger charge is 2.20. The Hall–Kier alpha value is -2.41. The SMILES string of the molecule is Cc1cc(S(=O)(=O)Nc2ccc(N(C)C)cc2)c(O)cc1O. The summed E-state index contributed by atoms with van der Waals surface area (Å²) in [6.07, 6.45) is 0. The number of anilines is 2. The molecule has 7 heteroatoms. The van der Waals surface area contributed by atoms with Gasteiger partial charge in [-0.25, -0.2) is 8.42 Å². The molecule has 22 heavy (non-hydrogen) atoms. The largest absolute Gasteiger partial charge is 0.508 e. The van der Waals surface area contributed by atoms with Gasteiger partial charge in [0.1, 0.15) is 16.4 Å². The maximum atomic E-state index is 12.3. The monoisotopic (exact) mass is 322 g/mol.